The Labute approximate surface area is 124 Å². The summed E-state index contributed by atoms with van der Waals surface area (Å²) < 4.78 is 0. The summed E-state index contributed by atoms with van der Waals surface area (Å²) in [5.74, 6) is 0. The normalized spacial score (nSPS) is 16.8. The van der Waals surface area contributed by atoms with E-state index in [1.54, 1.807) is 0 Å². The fraction of sp³-hybridized carbons (Fsp3) is 0.667. The van der Waals surface area contributed by atoms with E-state index < -0.39 is 0 Å². The molecule has 2 rings (SSSR count). The second kappa shape index (κ2) is 7.80. The zero-order chi connectivity index (χ0) is 14.4. The maximum absolute atomic E-state index is 2.62. The summed E-state index contributed by atoms with van der Waals surface area (Å²) in [6.45, 7) is 10.6. The number of hydrogen-bond acceptors (Lipinski definition) is 2. The van der Waals surface area contributed by atoms with Crippen molar-refractivity contribution < 1.29 is 0 Å². The van der Waals surface area contributed by atoms with E-state index in [1.807, 2.05) is 0 Å². The summed E-state index contributed by atoms with van der Waals surface area (Å²) >= 11 is 0. The molecule has 0 saturated carbocycles. The van der Waals surface area contributed by atoms with Gasteiger partial charge in [0.25, 0.3) is 0 Å². The van der Waals surface area contributed by atoms with Crippen molar-refractivity contribution in [2.45, 2.75) is 39.5 Å². The van der Waals surface area contributed by atoms with Crippen molar-refractivity contribution >= 4 is 0 Å². The Morgan fingerprint density at radius 2 is 1.75 bits per heavy atom. The van der Waals surface area contributed by atoms with Gasteiger partial charge in [0.1, 0.15) is 0 Å². The highest BCUT2D eigenvalue weighted by Gasteiger charge is 2.10. The van der Waals surface area contributed by atoms with Crippen LogP contribution in [0.4, 0.5) is 0 Å². The largest absolute Gasteiger partial charge is 0.305 e. The predicted octanol–water partition coefficient (Wildman–Crippen LogP) is 3.26. The van der Waals surface area contributed by atoms with Crippen LogP contribution in [0.3, 0.4) is 0 Å². The van der Waals surface area contributed by atoms with Gasteiger partial charge in [-0.15, -0.1) is 0 Å². The Kier molecular flexibility index (Phi) is 6.06. The highest BCUT2D eigenvalue weighted by atomic mass is 15.2. The number of rotatable bonds is 6. The van der Waals surface area contributed by atoms with Crippen molar-refractivity contribution in [3.05, 3.63) is 34.9 Å². The van der Waals surface area contributed by atoms with Crippen LogP contribution in [0.5, 0.6) is 0 Å². The van der Waals surface area contributed by atoms with E-state index in [0.29, 0.717) is 0 Å². The van der Waals surface area contributed by atoms with Crippen LogP contribution in [0.25, 0.3) is 0 Å². The summed E-state index contributed by atoms with van der Waals surface area (Å²) in [4.78, 5) is 5.10. The summed E-state index contributed by atoms with van der Waals surface area (Å²) in [7, 11) is 2.25. The van der Waals surface area contributed by atoms with Crippen molar-refractivity contribution in [1.29, 1.82) is 0 Å². The number of hydrogen-bond donors (Lipinski definition) is 0. The lowest BCUT2D eigenvalue weighted by atomic mass is 10.0. The molecule has 112 valence electrons. The van der Waals surface area contributed by atoms with Crippen LogP contribution >= 0.6 is 0 Å². The molecule has 2 heteroatoms. The minimum atomic E-state index is 1.16. The van der Waals surface area contributed by atoms with Crippen LogP contribution < -0.4 is 0 Å². The van der Waals surface area contributed by atoms with Gasteiger partial charge in [0.15, 0.2) is 0 Å². The highest BCUT2D eigenvalue weighted by molar-refractivity contribution is 5.30. The van der Waals surface area contributed by atoms with Gasteiger partial charge >= 0.3 is 0 Å². The average Bonchev–Trinajstić information content (AvgIpc) is 2.47. The van der Waals surface area contributed by atoms with E-state index in [4.69, 9.17) is 0 Å². The van der Waals surface area contributed by atoms with Crippen molar-refractivity contribution in [2.24, 2.45) is 0 Å². The van der Waals surface area contributed by atoms with Gasteiger partial charge in [-0.2, -0.15) is 0 Å². The predicted molar refractivity (Wildman–Crippen MR) is 87.4 cm³/mol. The number of piperidine rings is 1. The average molecular weight is 274 g/mol. The van der Waals surface area contributed by atoms with Crippen molar-refractivity contribution in [3.8, 4) is 0 Å². The minimum absolute atomic E-state index is 1.16. The van der Waals surface area contributed by atoms with Gasteiger partial charge in [-0.3, -0.25) is 0 Å². The number of likely N-dealkylation sites (N-methyl/N-ethyl adjacent to an activating group) is 1. The zero-order valence-electron chi connectivity index (χ0n) is 13.5. The highest BCUT2D eigenvalue weighted by Crippen LogP contribution is 2.11. The Balaban J connectivity index is 1.68. The van der Waals surface area contributed by atoms with Crippen LogP contribution in [0, 0.1) is 13.8 Å². The molecule has 0 spiro atoms. The molecule has 2 nitrogen and oxygen atoms in total. The molecule has 20 heavy (non-hydrogen) atoms. The van der Waals surface area contributed by atoms with E-state index in [9.17, 15) is 0 Å². The Morgan fingerprint density at radius 3 is 2.45 bits per heavy atom. The monoisotopic (exact) mass is 274 g/mol. The summed E-state index contributed by atoms with van der Waals surface area (Å²) in [5.41, 5.74) is 4.28. The molecule has 0 bridgehead atoms. The van der Waals surface area contributed by atoms with E-state index in [2.05, 4.69) is 48.9 Å². The lowest BCUT2D eigenvalue weighted by molar-refractivity contribution is 0.197. The lowest BCUT2D eigenvalue weighted by Crippen LogP contribution is -2.37. The molecule has 1 aliphatic heterocycles. The molecule has 0 amide bonds. The lowest BCUT2D eigenvalue weighted by Gasteiger charge is -2.28. The van der Waals surface area contributed by atoms with Gasteiger partial charge < -0.3 is 9.80 Å². The van der Waals surface area contributed by atoms with Crippen molar-refractivity contribution in [3.63, 3.8) is 0 Å². The SMILES string of the molecule is Cc1ccc(CCN(C)CCN2CCCCC2)cc1C. The Morgan fingerprint density at radius 1 is 1.00 bits per heavy atom. The van der Waals surface area contributed by atoms with Gasteiger partial charge in [-0.25, -0.2) is 0 Å². The zero-order valence-corrected chi connectivity index (χ0v) is 13.5. The van der Waals surface area contributed by atoms with Crippen LogP contribution in [0.15, 0.2) is 18.2 Å². The third-order valence-corrected chi connectivity index (χ3v) is 4.60. The first-order chi connectivity index (χ1) is 9.65. The molecule has 0 aromatic heterocycles. The number of nitrogens with zero attached hydrogens (tertiary/aromatic N) is 2. The first-order valence-corrected chi connectivity index (χ1v) is 8.12. The van der Waals surface area contributed by atoms with E-state index >= 15 is 0 Å². The Hall–Kier alpha value is -0.860. The number of aryl methyl sites for hydroxylation is 2. The van der Waals surface area contributed by atoms with Crippen LogP contribution in [-0.2, 0) is 6.42 Å². The standard InChI is InChI=1S/C18H30N2/c1-16-7-8-18(15-17(16)2)9-12-19(3)13-14-20-10-5-4-6-11-20/h7-8,15H,4-6,9-14H2,1-3H3. The molecule has 1 heterocycles. The molecule has 0 atom stereocenters. The van der Waals surface area contributed by atoms with Crippen LogP contribution in [0.1, 0.15) is 36.0 Å². The maximum atomic E-state index is 2.62. The van der Waals surface area contributed by atoms with Crippen LogP contribution in [0.2, 0.25) is 0 Å². The summed E-state index contributed by atoms with van der Waals surface area (Å²) in [6, 6.07) is 6.87. The number of likely N-dealkylation sites (tertiary alicyclic amines) is 1. The fourth-order valence-electron chi connectivity index (χ4n) is 2.89. The first kappa shape index (κ1) is 15.5. The fourth-order valence-corrected chi connectivity index (χ4v) is 2.89. The molecule has 0 radical (unpaired) electrons. The van der Waals surface area contributed by atoms with Gasteiger partial charge in [-0.05, 0) is 69.9 Å². The third kappa shape index (κ3) is 4.92. The van der Waals surface area contributed by atoms with E-state index in [-0.39, 0.29) is 0 Å². The Bertz CT molecular complexity index is 408. The summed E-state index contributed by atoms with van der Waals surface area (Å²) in [6.07, 6.45) is 5.38. The molecule has 1 aliphatic rings. The molecule has 0 aliphatic carbocycles. The topological polar surface area (TPSA) is 6.48 Å². The molecular weight excluding hydrogens is 244 g/mol. The van der Waals surface area contributed by atoms with Crippen molar-refractivity contribution in [2.75, 3.05) is 39.8 Å². The molecule has 1 fully saturated rings. The van der Waals surface area contributed by atoms with E-state index in [1.165, 1.54) is 62.1 Å². The molecular formula is C18H30N2. The summed E-state index contributed by atoms with van der Waals surface area (Å²) in [5, 5.41) is 0. The third-order valence-electron chi connectivity index (χ3n) is 4.60. The molecule has 0 N–H and O–H groups in total. The molecule has 1 aromatic rings. The maximum Gasteiger partial charge on any atom is 0.0109 e. The van der Waals surface area contributed by atoms with Gasteiger partial charge in [0.2, 0.25) is 0 Å². The molecule has 0 unspecified atom stereocenters. The smallest absolute Gasteiger partial charge is 0.0109 e. The van der Waals surface area contributed by atoms with E-state index in [0.717, 1.165) is 13.0 Å². The first-order valence-electron chi connectivity index (χ1n) is 8.12. The quantitative estimate of drug-likeness (QED) is 0.785. The number of benzene rings is 1. The second-order valence-electron chi connectivity index (χ2n) is 6.37. The minimum Gasteiger partial charge on any atom is -0.305 e. The van der Waals surface area contributed by atoms with Crippen molar-refractivity contribution in [1.82, 2.24) is 9.80 Å². The van der Waals surface area contributed by atoms with Gasteiger partial charge in [0, 0.05) is 19.6 Å². The van der Waals surface area contributed by atoms with Crippen LogP contribution in [-0.4, -0.2) is 49.6 Å². The van der Waals surface area contributed by atoms with Gasteiger partial charge in [0.05, 0.1) is 0 Å². The molecule has 1 aromatic carbocycles. The van der Waals surface area contributed by atoms with Gasteiger partial charge in [-0.1, -0.05) is 24.6 Å². The molecule has 1 saturated heterocycles. The second-order valence-corrected chi connectivity index (χ2v) is 6.37.